The van der Waals surface area contributed by atoms with Crippen LogP contribution in [0.25, 0.3) is 16.9 Å². The van der Waals surface area contributed by atoms with Crippen molar-refractivity contribution in [3.63, 3.8) is 0 Å². The van der Waals surface area contributed by atoms with Crippen LogP contribution in [0.1, 0.15) is 29.8 Å². The van der Waals surface area contributed by atoms with E-state index in [1.165, 1.54) is 6.20 Å². The summed E-state index contributed by atoms with van der Waals surface area (Å²) in [5.74, 6) is -0.229. The summed E-state index contributed by atoms with van der Waals surface area (Å²) in [5.41, 5.74) is 13.9. The number of amides is 1. The summed E-state index contributed by atoms with van der Waals surface area (Å²) >= 11 is 0. The number of hydrogen-bond donors (Lipinski definition) is 3. The average Bonchev–Trinajstić information content (AvgIpc) is 3.08. The maximum atomic E-state index is 12.0. The summed E-state index contributed by atoms with van der Waals surface area (Å²) in [7, 11) is 0. The molecule has 0 aliphatic carbocycles. The van der Waals surface area contributed by atoms with E-state index in [4.69, 9.17) is 20.9 Å². The van der Waals surface area contributed by atoms with Crippen LogP contribution in [0.5, 0.6) is 11.6 Å². The number of rotatable bonds is 6. The van der Waals surface area contributed by atoms with E-state index in [1.807, 2.05) is 20.8 Å². The minimum Gasteiger partial charge on any atom is -0.508 e. The molecule has 1 amide bonds. The second-order valence-corrected chi connectivity index (χ2v) is 7.11. The zero-order valence-corrected chi connectivity index (χ0v) is 18.7. The van der Waals surface area contributed by atoms with Gasteiger partial charge < -0.3 is 26.0 Å². The molecule has 0 unspecified atom stereocenters. The lowest BCUT2D eigenvalue weighted by atomic mass is 10.2. The number of primary amides is 1. The van der Waals surface area contributed by atoms with Crippen molar-refractivity contribution in [2.24, 2.45) is 5.73 Å². The normalized spacial score (nSPS) is 14.1. The van der Waals surface area contributed by atoms with Crippen LogP contribution >= 0.6 is 0 Å². The number of phenols is 1. The van der Waals surface area contributed by atoms with Gasteiger partial charge >= 0.3 is 0 Å². The third kappa shape index (κ3) is 4.76. The summed E-state index contributed by atoms with van der Waals surface area (Å²) in [5, 5.41) is 9.95. The lowest BCUT2D eigenvalue weighted by Crippen LogP contribution is -2.38. The molecule has 172 valence electrons. The van der Waals surface area contributed by atoms with Crippen molar-refractivity contribution in [2.75, 3.05) is 45.2 Å². The molecule has 0 bridgehead atoms. The number of anilines is 1. The van der Waals surface area contributed by atoms with Gasteiger partial charge in [0.05, 0.1) is 25.1 Å². The maximum absolute atomic E-state index is 12.0. The zero-order chi connectivity index (χ0) is 23.3. The predicted molar refractivity (Wildman–Crippen MR) is 122 cm³/mol. The number of aromatic nitrogens is 3. The van der Waals surface area contributed by atoms with E-state index in [-0.39, 0.29) is 22.6 Å². The number of carbonyl (C=O) groups is 1. The maximum Gasteiger partial charge on any atom is 0.254 e. The summed E-state index contributed by atoms with van der Waals surface area (Å²) < 4.78 is 12.7. The van der Waals surface area contributed by atoms with Crippen molar-refractivity contribution in [3.8, 4) is 17.3 Å². The number of aromatic hydroxyl groups is 1. The minimum atomic E-state index is -0.704. The third-order valence-corrected chi connectivity index (χ3v) is 5.12. The monoisotopic (exact) mass is 442 g/mol. The third-order valence-electron chi connectivity index (χ3n) is 5.12. The first kappa shape index (κ1) is 23.3. The van der Waals surface area contributed by atoms with Crippen LogP contribution in [0.15, 0.2) is 24.4 Å². The van der Waals surface area contributed by atoms with Gasteiger partial charge in [-0.15, -0.1) is 0 Å². The Bertz CT molecular complexity index is 1090. The van der Waals surface area contributed by atoms with E-state index in [0.717, 1.165) is 38.4 Å². The number of ether oxygens (including phenoxy) is 2. The highest BCUT2D eigenvalue weighted by Crippen LogP contribution is 2.32. The fraction of sp³-hybridized carbons (Fsp3) is 0.409. The Morgan fingerprint density at radius 3 is 2.69 bits per heavy atom. The molecular formula is C22H30N6O4. The van der Waals surface area contributed by atoms with E-state index in [1.54, 1.807) is 22.8 Å². The molecule has 10 heteroatoms. The standard InChI is InChI=1S/C20H24N6O4.C2H6/c1-12-2-3-13(27)10-14(12)26-18(21)16(19(22)28)17-20(26)24-15(11-23-17)30-9-6-25-4-7-29-8-5-25;1-2/h2-3,10-11,27H,4-9,21H2,1H3,(H2,22,28);1-2H3. The zero-order valence-electron chi connectivity index (χ0n) is 18.7. The highest BCUT2D eigenvalue weighted by atomic mass is 16.5. The Morgan fingerprint density at radius 2 is 2.00 bits per heavy atom. The molecule has 1 saturated heterocycles. The molecule has 1 aliphatic rings. The summed E-state index contributed by atoms with van der Waals surface area (Å²) in [6.07, 6.45) is 1.45. The molecule has 0 atom stereocenters. The van der Waals surface area contributed by atoms with E-state index in [2.05, 4.69) is 14.9 Å². The van der Waals surface area contributed by atoms with Crippen LogP contribution in [0.3, 0.4) is 0 Å². The summed E-state index contributed by atoms with van der Waals surface area (Å²) in [6.45, 7) is 10.2. The summed E-state index contributed by atoms with van der Waals surface area (Å²) in [4.78, 5) is 23.2. The molecule has 1 fully saturated rings. The van der Waals surface area contributed by atoms with Crippen LogP contribution in [0.4, 0.5) is 5.82 Å². The van der Waals surface area contributed by atoms with E-state index >= 15 is 0 Å². The van der Waals surface area contributed by atoms with Crippen LogP contribution in [-0.2, 0) is 4.74 Å². The van der Waals surface area contributed by atoms with Gasteiger partial charge in [0.1, 0.15) is 29.3 Å². The van der Waals surface area contributed by atoms with Gasteiger partial charge in [0.2, 0.25) is 5.88 Å². The van der Waals surface area contributed by atoms with E-state index < -0.39 is 5.91 Å². The topological polar surface area (TPSA) is 142 Å². The molecule has 2 aromatic heterocycles. The second-order valence-electron chi connectivity index (χ2n) is 7.11. The smallest absolute Gasteiger partial charge is 0.254 e. The predicted octanol–water partition coefficient (Wildman–Crippen LogP) is 1.85. The van der Waals surface area contributed by atoms with Gasteiger partial charge in [0, 0.05) is 25.7 Å². The molecule has 10 nitrogen and oxygen atoms in total. The minimum absolute atomic E-state index is 0.0587. The Morgan fingerprint density at radius 1 is 1.28 bits per heavy atom. The van der Waals surface area contributed by atoms with Gasteiger partial charge in [-0.3, -0.25) is 14.3 Å². The largest absolute Gasteiger partial charge is 0.508 e. The second kappa shape index (κ2) is 10.3. The van der Waals surface area contributed by atoms with Crippen molar-refractivity contribution < 1.29 is 19.4 Å². The molecule has 0 radical (unpaired) electrons. The van der Waals surface area contributed by atoms with Crippen molar-refractivity contribution in [1.29, 1.82) is 0 Å². The molecule has 0 spiro atoms. The SMILES string of the molecule is CC.Cc1ccc(O)cc1-n1c(N)c(C(N)=O)c2ncc(OCCN3CCOCC3)nc21. The van der Waals surface area contributed by atoms with Gasteiger partial charge in [0.25, 0.3) is 5.91 Å². The molecule has 1 aliphatic heterocycles. The lowest BCUT2D eigenvalue weighted by Gasteiger charge is -2.26. The number of morpholine rings is 1. The van der Waals surface area contributed by atoms with Crippen molar-refractivity contribution in [1.82, 2.24) is 19.4 Å². The number of aryl methyl sites for hydroxylation is 1. The quantitative estimate of drug-likeness (QED) is 0.525. The molecule has 0 saturated carbocycles. The van der Waals surface area contributed by atoms with Crippen molar-refractivity contribution in [2.45, 2.75) is 20.8 Å². The van der Waals surface area contributed by atoms with E-state index in [0.29, 0.717) is 23.8 Å². The average molecular weight is 443 g/mol. The van der Waals surface area contributed by atoms with Crippen LogP contribution in [0, 0.1) is 6.92 Å². The van der Waals surface area contributed by atoms with Crippen LogP contribution < -0.4 is 16.2 Å². The first-order chi connectivity index (χ1) is 15.5. The number of phenolic OH excluding ortho intramolecular Hbond substituents is 1. The molecule has 3 heterocycles. The number of carbonyl (C=O) groups excluding carboxylic acids is 1. The van der Waals surface area contributed by atoms with Gasteiger partial charge in [-0.05, 0) is 18.6 Å². The number of nitrogens with two attached hydrogens (primary N) is 2. The van der Waals surface area contributed by atoms with Crippen LogP contribution in [-0.4, -0.2) is 69.9 Å². The number of benzene rings is 1. The molecule has 32 heavy (non-hydrogen) atoms. The van der Waals surface area contributed by atoms with E-state index in [9.17, 15) is 9.90 Å². The lowest BCUT2D eigenvalue weighted by molar-refractivity contribution is 0.0320. The van der Waals surface area contributed by atoms with Crippen molar-refractivity contribution in [3.05, 3.63) is 35.5 Å². The molecule has 3 aromatic rings. The number of hydrogen-bond acceptors (Lipinski definition) is 8. The van der Waals surface area contributed by atoms with Gasteiger partial charge in [-0.25, -0.2) is 4.98 Å². The van der Waals surface area contributed by atoms with Gasteiger partial charge in [-0.1, -0.05) is 19.9 Å². The Balaban J connectivity index is 0.00000141. The number of nitrogens with zero attached hydrogens (tertiary/aromatic N) is 4. The fourth-order valence-corrected chi connectivity index (χ4v) is 3.54. The first-order valence-corrected chi connectivity index (χ1v) is 10.7. The molecule has 5 N–H and O–H groups in total. The highest BCUT2D eigenvalue weighted by Gasteiger charge is 2.24. The number of fused-ring (bicyclic) bond motifs is 1. The molecular weight excluding hydrogens is 412 g/mol. The summed E-state index contributed by atoms with van der Waals surface area (Å²) in [6, 6.07) is 4.86. The number of nitrogen functional groups attached to an aromatic ring is 1. The van der Waals surface area contributed by atoms with Gasteiger partial charge in [0.15, 0.2) is 5.65 Å². The fourth-order valence-electron chi connectivity index (χ4n) is 3.54. The molecule has 4 rings (SSSR count). The Labute approximate surface area is 186 Å². The Hall–Kier alpha value is -3.37. The first-order valence-electron chi connectivity index (χ1n) is 10.7. The Kier molecular flexibility index (Phi) is 7.49. The van der Waals surface area contributed by atoms with Crippen LogP contribution in [0.2, 0.25) is 0 Å². The van der Waals surface area contributed by atoms with Crippen molar-refractivity contribution >= 4 is 22.9 Å². The highest BCUT2D eigenvalue weighted by molar-refractivity contribution is 6.09. The molecule has 1 aromatic carbocycles. The van der Waals surface area contributed by atoms with Gasteiger partial charge in [-0.2, -0.15) is 4.98 Å².